The fraction of sp³-hybridized carbons (Fsp3) is 0.714. The third kappa shape index (κ3) is 3.37. The number of hydrogen-bond donors (Lipinski definition) is 0. The van der Waals surface area contributed by atoms with Crippen molar-refractivity contribution in [2.45, 2.75) is 18.9 Å². The van der Waals surface area contributed by atoms with Crippen molar-refractivity contribution in [1.82, 2.24) is 15.0 Å². The summed E-state index contributed by atoms with van der Waals surface area (Å²) >= 11 is 0. The standard InChI is InChI=1S/C14H21N3O3/c1-16-5-7-19-12(9-16)10-17(8-11-2-3-11)14(18)13-4-6-20-15-13/h4,6,11-12H,2-3,5,7-10H2,1H3/t12-/m0/s1. The number of carbonyl (C=O) groups is 1. The van der Waals surface area contributed by atoms with Crippen LogP contribution < -0.4 is 0 Å². The number of amides is 1. The Balaban J connectivity index is 1.64. The van der Waals surface area contributed by atoms with Gasteiger partial charge < -0.3 is 19.1 Å². The number of nitrogens with zero attached hydrogens (tertiary/aromatic N) is 3. The zero-order chi connectivity index (χ0) is 13.9. The SMILES string of the molecule is CN1CCO[C@H](CN(CC2CC2)C(=O)c2ccon2)C1. The van der Waals surface area contributed by atoms with Gasteiger partial charge in [-0.25, -0.2) is 0 Å². The molecule has 0 unspecified atom stereocenters. The molecule has 0 aromatic carbocycles. The number of aromatic nitrogens is 1. The summed E-state index contributed by atoms with van der Waals surface area (Å²) in [7, 11) is 2.08. The van der Waals surface area contributed by atoms with E-state index in [1.54, 1.807) is 6.07 Å². The fourth-order valence-electron chi connectivity index (χ4n) is 2.56. The van der Waals surface area contributed by atoms with Gasteiger partial charge in [0.2, 0.25) is 0 Å². The van der Waals surface area contributed by atoms with Crippen molar-refractivity contribution < 1.29 is 14.1 Å². The number of ether oxygens (including phenoxy) is 1. The molecule has 20 heavy (non-hydrogen) atoms. The Morgan fingerprint density at radius 1 is 1.50 bits per heavy atom. The number of likely N-dealkylation sites (N-methyl/N-ethyl adjacent to an activating group) is 1. The average molecular weight is 279 g/mol. The summed E-state index contributed by atoms with van der Waals surface area (Å²) in [6, 6.07) is 1.62. The lowest BCUT2D eigenvalue weighted by Gasteiger charge is -2.33. The molecule has 0 spiro atoms. The highest BCUT2D eigenvalue weighted by molar-refractivity contribution is 5.92. The Hall–Kier alpha value is -1.40. The van der Waals surface area contributed by atoms with Crippen LogP contribution in [0.15, 0.2) is 16.9 Å². The van der Waals surface area contributed by atoms with E-state index >= 15 is 0 Å². The van der Waals surface area contributed by atoms with E-state index in [1.165, 1.54) is 19.1 Å². The van der Waals surface area contributed by atoms with Crippen LogP contribution in [0.1, 0.15) is 23.3 Å². The van der Waals surface area contributed by atoms with Crippen molar-refractivity contribution in [3.05, 3.63) is 18.0 Å². The molecule has 3 rings (SSSR count). The maximum atomic E-state index is 12.5. The highest BCUT2D eigenvalue weighted by Crippen LogP contribution is 2.30. The van der Waals surface area contributed by atoms with Crippen LogP contribution in [0.2, 0.25) is 0 Å². The van der Waals surface area contributed by atoms with E-state index in [9.17, 15) is 4.79 Å². The summed E-state index contributed by atoms with van der Waals surface area (Å²) in [5.41, 5.74) is 0.384. The molecule has 2 heterocycles. The Morgan fingerprint density at radius 2 is 2.35 bits per heavy atom. The molecule has 6 nitrogen and oxygen atoms in total. The molecule has 2 aliphatic rings. The first kappa shape index (κ1) is 13.6. The van der Waals surface area contributed by atoms with Crippen LogP contribution >= 0.6 is 0 Å². The second-order valence-corrected chi connectivity index (χ2v) is 5.79. The number of hydrogen-bond acceptors (Lipinski definition) is 5. The molecule has 1 aromatic rings. The Labute approximate surface area is 118 Å². The summed E-state index contributed by atoms with van der Waals surface area (Å²) < 4.78 is 10.5. The summed E-state index contributed by atoms with van der Waals surface area (Å²) in [4.78, 5) is 16.6. The lowest BCUT2D eigenvalue weighted by Crippen LogP contribution is -2.48. The topological polar surface area (TPSA) is 58.8 Å². The third-order valence-corrected chi connectivity index (χ3v) is 3.89. The summed E-state index contributed by atoms with van der Waals surface area (Å²) in [5, 5.41) is 3.76. The smallest absolute Gasteiger partial charge is 0.276 e. The number of carbonyl (C=O) groups excluding carboxylic acids is 1. The van der Waals surface area contributed by atoms with E-state index in [2.05, 4.69) is 17.1 Å². The van der Waals surface area contributed by atoms with Gasteiger partial charge in [0.15, 0.2) is 5.69 Å². The highest BCUT2D eigenvalue weighted by atomic mass is 16.5. The van der Waals surface area contributed by atoms with Crippen LogP contribution in [0.5, 0.6) is 0 Å². The number of rotatable bonds is 5. The monoisotopic (exact) mass is 279 g/mol. The van der Waals surface area contributed by atoms with Gasteiger partial charge in [0.25, 0.3) is 5.91 Å². The van der Waals surface area contributed by atoms with Crippen molar-refractivity contribution in [2.24, 2.45) is 5.92 Å². The molecule has 110 valence electrons. The van der Waals surface area contributed by atoms with Gasteiger partial charge in [0.1, 0.15) is 6.26 Å². The molecule has 0 bridgehead atoms. The maximum Gasteiger partial charge on any atom is 0.276 e. The molecular formula is C14H21N3O3. The first-order chi connectivity index (χ1) is 9.72. The van der Waals surface area contributed by atoms with Crippen molar-refractivity contribution in [3.8, 4) is 0 Å². The van der Waals surface area contributed by atoms with E-state index in [0.29, 0.717) is 18.2 Å². The zero-order valence-electron chi connectivity index (χ0n) is 11.8. The second kappa shape index (κ2) is 5.93. The minimum absolute atomic E-state index is 0.0533. The van der Waals surface area contributed by atoms with Crippen LogP contribution in [0.4, 0.5) is 0 Å². The Bertz CT molecular complexity index is 445. The molecule has 1 aromatic heterocycles. The lowest BCUT2D eigenvalue weighted by molar-refractivity contribution is -0.0332. The van der Waals surface area contributed by atoms with E-state index in [4.69, 9.17) is 9.26 Å². The normalized spacial score (nSPS) is 23.8. The molecular weight excluding hydrogens is 258 g/mol. The number of morpholine rings is 1. The molecule has 0 N–H and O–H groups in total. The minimum atomic E-state index is -0.0533. The van der Waals surface area contributed by atoms with Crippen molar-refractivity contribution in [1.29, 1.82) is 0 Å². The predicted molar refractivity (Wildman–Crippen MR) is 72.4 cm³/mol. The van der Waals surface area contributed by atoms with Crippen molar-refractivity contribution >= 4 is 5.91 Å². The van der Waals surface area contributed by atoms with Gasteiger partial charge in [-0.1, -0.05) is 5.16 Å². The largest absolute Gasteiger partial charge is 0.374 e. The Morgan fingerprint density at radius 3 is 3.00 bits per heavy atom. The first-order valence-corrected chi connectivity index (χ1v) is 7.22. The lowest BCUT2D eigenvalue weighted by atomic mass is 10.2. The summed E-state index contributed by atoms with van der Waals surface area (Å²) in [6.07, 6.45) is 3.96. The van der Waals surface area contributed by atoms with Crippen LogP contribution in [0.3, 0.4) is 0 Å². The average Bonchev–Trinajstić information content (AvgIpc) is 3.08. The minimum Gasteiger partial charge on any atom is -0.374 e. The van der Waals surface area contributed by atoms with E-state index in [-0.39, 0.29) is 12.0 Å². The van der Waals surface area contributed by atoms with E-state index < -0.39 is 0 Å². The molecule has 1 aliphatic heterocycles. The molecule has 1 amide bonds. The van der Waals surface area contributed by atoms with Crippen LogP contribution in [0.25, 0.3) is 0 Å². The van der Waals surface area contributed by atoms with Gasteiger partial charge in [-0.3, -0.25) is 4.79 Å². The third-order valence-electron chi connectivity index (χ3n) is 3.89. The highest BCUT2D eigenvalue weighted by Gasteiger charge is 2.31. The fourth-order valence-corrected chi connectivity index (χ4v) is 2.56. The second-order valence-electron chi connectivity index (χ2n) is 5.79. The van der Waals surface area contributed by atoms with Crippen molar-refractivity contribution in [2.75, 3.05) is 39.8 Å². The van der Waals surface area contributed by atoms with Crippen LogP contribution in [-0.2, 0) is 4.74 Å². The van der Waals surface area contributed by atoms with E-state index in [1.807, 2.05) is 4.90 Å². The van der Waals surface area contributed by atoms with Gasteiger partial charge in [-0.2, -0.15) is 0 Å². The predicted octanol–water partition coefficient (Wildman–Crippen LogP) is 0.857. The van der Waals surface area contributed by atoms with E-state index in [0.717, 1.165) is 26.2 Å². The first-order valence-electron chi connectivity index (χ1n) is 7.22. The molecule has 1 atom stereocenters. The summed E-state index contributed by atoms with van der Waals surface area (Å²) in [5.74, 6) is 0.592. The van der Waals surface area contributed by atoms with Gasteiger partial charge in [0, 0.05) is 32.2 Å². The molecule has 1 saturated heterocycles. The molecule has 2 fully saturated rings. The van der Waals surface area contributed by atoms with Crippen molar-refractivity contribution in [3.63, 3.8) is 0 Å². The molecule has 0 radical (unpaired) electrons. The molecule has 1 aliphatic carbocycles. The quantitative estimate of drug-likeness (QED) is 0.800. The summed E-state index contributed by atoms with van der Waals surface area (Å²) in [6.45, 7) is 3.99. The molecule has 6 heteroatoms. The van der Waals surface area contributed by atoms with Crippen LogP contribution in [-0.4, -0.2) is 66.8 Å². The van der Waals surface area contributed by atoms with Gasteiger partial charge >= 0.3 is 0 Å². The van der Waals surface area contributed by atoms with Gasteiger partial charge in [0.05, 0.1) is 12.7 Å². The van der Waals surface area contributed by atoms with Crippen LogP contribution in [0, 0.1) is 5.92 Å². The zero-order valence-corrected chi connectivity index (χ0v) is 11.8. The van der Waals surface area contributed by atoms with Gasteiger partial charge in [-0.15, -0.1) is 0 Å². The Kier molecular flexibility index (Phi) is 4.03. The van der Waals surface area contributed by atoms with Gasteiger partial charge in [-0.05, 0) is 25.8 Å². The maximum absolute atomic E-state index is 12.5. The molecule has 1 saturated carbocycles.